The van der Waals surface area contributed by atoms with Crippen molar-refractivity contribution in [2.75, 3.05) is 7.05 Å². The van der Waals surface area contributed by atoms with Crippen LogP contribution in [0.4, 0.5) is 4.79 Å². The zero-order valence-corrected chi connectivity index (χ0v) is 20.5. The van der Waals surface area contributed by atoms with Crippen LogP contribution in [0.25, 0.3) is 11.0 Å². The molecular formula is C24H29ClN4O4. The average Bonchev–Trinajstić information content (AvgIpc) is 3.09. The molecular weight excluding hydrogens is 444 g/mol. The van der Waals surface area contributed by atoms with E-state index in [2.05, 4.69) is 10.3 Å². The first-order valence-electron chi connectivity index (χ1n) is 10.6. The first-order valence-corrected chi connectivity index (χ1v) is 11.0. The van der Waals surface area contributed by atoms with Crippen LogP contribution in [-0.4, -0.2) is 49.7 Å². The second kappa shape index (κ2) is 9.39. The fourth-order valence-corrected chi connectivity index (χ4v) is 4.16. The number of halogens is 1. The molecule has 2 aromatic carbocycles. The van der Waals surface area contributed by atoms with E-state index in [1.807, 2.05) is 44.3 Å². The van der Waals surface area contributed by atoms with Crippen molar-refractivity contribution >= 4 is 34.7 Å². The van der Waals surface area contributed by atoms with Crippen LogP contribution in [0.1, 0.15) is 55.4 Å². The Morgan fingerprint density at radius 3 is 2.55 bits per heavy atom. The first kappa shape index (κ1) is 24.5. The number of aromatic nitrogens is 3. The molecule has 8 nitrogen and oxygen atoms in total. The molecule has 1 atom stereocenters. The van der Waals surface area contributed by atoms with Crippen molar-refractivity contribution in [1.29, 1.82) is 0 Å². The minimum absolute atomic E-state index is 0.141. The van der Waals surface area contributed by atoms with Gasteiger partial charge in [-0.2, -0.15) is 0 Å². The van der Waals surface area contributed by atoms with Gasteiger partial charge >= 0.3 is 12.1 Å². The van der Waals surface area contributed by atoms with Gasteiger partial charge in [-0.1, -0.05) is 41.1 Å². The second-order valence-electron chi connectivity index (χ2n) is 9.17. The number of amides is 1. The van der Waals surface area contributed by atoms with Crippen LogP contribution in [0.2, 0.25) is 5.02 Å². The molecule has 176 valence electrons. The molecule has 0 aliphatic carbocycles. The molecule has 0 aliphatic rings. The van der Waals surface area contributed by atoms with Gasteiger partial charge in [0.15, 0.2) is 0 Å². The summed E-state index contributed by atoms with van der Waals surface area (Å²) in [6, 6.07) is 9.27. The predicted octanol–water partition coefficient (Wildman–Crippen LogP) is 4.90. The second-order valence-corrected chi connectivity index (χ2v) is 9.55. The number of carboxylic acid groups (broad SMARTS) is 1. The summed E-state index contributed by atoms with van der Waals surface area (Å²) in [6.07, 6.45) is -0.604. The van der Waals surface area contributed by atoms with Gasteiger partial charge in [0, 0.05) is 25.0 Å². The lowest BCUT2D eigenvalue weighted by Crippen LogP contribution is -2.33. The molecule has 1 heterocycles. The molecule has 3 aromatic rings. The van der Waals surface area contributed by atoms with Gasteiger partial charge in [0.2, 0.25) is 0 Å². The van der Waals surface area contributed by atoms with Gasteiger partial charge in [-0.3, -0.25) is 4.79 Å². The molecule has 33 heavy (non-hydrogen) atoms. The Labute approximate surface area is 198 Å². The predicted molar refractivity (Wildman–Crippen MR) is 126 cm³/mol. The highest BCUT2D eigenvalue weighted by Crippen LogP contribution is 2.38. The van der Waals surface area contributed by atoms with Gasteiger partial charge in [0.1, 0.15) is 11.1 Å². The number of aliphatic carboxylic acids is 1. The third-order valence-electron chi connectivity index (χ3n) is 5.43. The molecule has 0 fully saturated rings. The van der Waals surface area contributed by atoms with Crippen LogP contribution in [0, 0.1) is 6.92 Å². The van der Waals surface area contributed by atoms with E-state index in [9.17, 15) is 14.7 Å². The summed E-state index contributed by atoms with van der Waals surface area (Å²) in [6.45, 7) is 7.55. The molecule has 1 amide bonds. The topological polar surface area (TPSA) is 97.6 Å². The Morgan fingerprint density at radius 2 is 1.91 bits per heavy atom. The molecule has 1 aromatic heterocycles. The third kappa shape index (κ3) is 5.45. The summed E-state index contributed by atoms with van der Waals surface area (Å²) >= 11 is 6.79. The summed E-state index contributed by atoms with van der Waals surface area (Å²) in [7, 11) is 3.45. The first-order chi connectivity index (χ1) is 15.4. The molecule has 3 rings (SSSR count). The van der Waals surface area contributed by atoms with Gasteiger partial charge in [-0.05, 0) is 56.0 Å². The average molecular weight is 473 g/mol. The zero-order chi connectivity index (χ0) is 24.5. The number of carboxylic acids is 1. The number of fused-ring (bicyclic) bond motifs is 1. The quantitative estimate of drug-likeness (QED) is 0.547. The van der Waals surface area contributed by atoms with Crippen LogP contribution in [0.3, 0.4) is 0 Å². The van der Waals surface area contributed by atoms with Gasteiger partial charge < -0.3 is 14.7 Å². The minimum atomic E-state index is -0.939. The molecule has 1 unspecified atom stereocenters. The lowest BCUT2D eigenvalue weighted by Gasteiger charge is -2.26. The maximum Gasteiger partial charge on any atom is 0.410 e. The van der Waals surface area contributed by atoms with Gasteiger partial charge in [0.25, 0.3) is 0 Å². The van der Waals surface area contributed by atoms with Crippen molar-refractivity contribution in [3.8, 4) is 0 Å². The fourth-order valence-electron chi connectivity index (χ4n) is 3.84. The number of aryl methyl sites for hydroxylation is 2. The van der Waals surface area contributed by atoms with E-state index in [0.29, 0.717) is 16.1 Å². The lowest BCUT2D eigenvalue weighted by atomic mass is 9.85. The molecule has 0 bridgehead atoms. The number of nitrogens with zero attached hydrogens (tertiary/aromatic N) is 4. The Kier molecular flexibility index (Phi) is 6.97. The largest absolute Gasteiger partial charge is 0.481 e. The molecule has 9 heteroatoms. The van der Waals surface area contributed by atoms with Gasteiger partial charge in [0.05, 0.1) is 18.5 Å². The van der Waals surface area contributed by atoms with Crippen molar-refractivity contribution in [2.45, 2.75) is 52.2 Å². The molecule has 1 N–H and O–H groups in total. The van der Waals surface area contributed by atoms with Crippen molar-refractivity contribution in [2.24, 2.45) is 7.05 Å². The maximum atomic E-state index is 12.4. The Bertz CT molecular complexity index is 1200. The molecule has 0 saturated carbocycles. The molecule has 0 aliphatic heterocycles. The number of carbonyl (C=O) groups is 2. The lowest BCUT2D eigenvalue weighted by molar-refractivity contribution is -0.137. The SMILES string of the molecule is Cc1c(C(CC(=O)O)c2cccc(CN(C)C(=O)OC(C)(C)C)c2Cl)ccc2c1nnn2C. The normalized spacial score (nSPS) is 12.6. The van der Waals surface area contributed by atoms with E-state index in [-0.39, 0.29) is 13.0 Å². The van der Waals surface area contributed by atoms with E-state index in [1.165, 1.54) is 4.90 Å². The molecule has 0 saturated heterocycles. The number of carbonyl (C=O) groups excluding carboxylic acids is 1. The Balaban J connectivity index is 2.01. The van der Waals surface area contributed by atoms with E-state index < -0.39 is 23.6 Å². The van der Waals surface area contributed by atoms with Gasteiger partial charge in [-0.25, -0.2) is 9.48 Å². The zero-order valence-electron chi connectivity index (χ0n) is 19.7. The van der Waals surface area contributed by atoms with E-state index >= 15 is 0 Å². The summed E-state index contributed by atoms with van der Waals surface area (Å²) in [5.74, 6) is -1.43. The molecule has 0 radical (unpaired) electrons. The van der Waals surface area contributed by atoms with E-state index in [0.717, 1.165) is 22.2 Å². The molecule has 0 spiro atoms. The summed E-state index contributed by atoms with van der Waals surface area (Å²) < 4.78 is 7.10. The Hall–Kier alpha value is -3.13. The van der Waals surface area contributed by atoms with Crippen LogP contribution >= 0.6 is 11.6 Å². The van der Waals surface area contributed by atoms with Crippen LogP contribution in [0.5, 0.6) is 0 Å². The maximum absolute atomic E-state index is 12.4. The van der Waals surface area contributed by atoms with Gasteiger partial charge in [-0.15, -0.1) is 5.10 Å². The standard InChI is InChI=1S/C24H29ClN4O4/c1-14-16(10-11-19-22(14)26-27-29(19)6)18(12-20(30)31)17-9-7-8-15(21(17)25)13-28(5)23(32)33-24(2,3)4/h7-11,18H,12-13H2,1-6H3,(H,30,31). The van der Waals surface area contributed by atoms with E-state index in [1.54, 1.807) is 32.5 Å². The highest BCUT2D eigenvalue weighted by atomic mass is 35.5. The fraction of sp³-hybridized carbons (Fsp3) is 0.417. The van der Waals surface area contributed by atoms with Crippen LogP contribution < -0.4 is 0 Å². The monoisotopic (exact) mass is 472 g/mol. The number of ether oxygens (including phenoxy) is 1. The number of hydrogen-bond acceptors (Lipinski definition) is 5. The number of benzene rings is 2. The Morgan fingerprint density at radius 1 is 1.21 bits per heavy atom. The van der Waals surface area contributed by atoms with Crippen LogP contribution in [-0.2, 0) is 23.1 Å². The number of hydrogen-bond donors (Lipinski definition) is 1. The highest BCUT2D eigenvalue weighted by Gasteiger charge is 2.26. The van der Waals surface area contributed by atoms with Crippen molar-refractivity contribution < 1.29 is 19.4 Å². The minimum Gasteiger partial charge on any atom is -0.481 e. The summed E-state index contributed by atoms with van der Waals surface area (Å²) in [4.78, 5) is 25.6. The van der Waals surface area contributed by atoms with Crippen molar-refractivity contribution in [1.82, 2.24) is 19.9 Å². The smallest absolute Gasteiger partial charge is 0.410 e. The third-order valence-corrected chi connectivity index (χ3v) is 5.89. The summed E-state index contributed by atoms with van der Waals surface area (Å²) in [5, 5.41) is 18.4. The van der Waals surface area contributed by atoms with E-state index in [4.69, 9.17) is 16.3 Å². The van der Waals surface area contributed by atoms with Crippen LogP contribution in [0.15, 0.2) is 30.3 Å². The highest BCUT2D eigenvalue weighted by molar-refractivity contribution is 6.32. The van der Waals surface area contributed by atoms with Crippen molar-refractivity contribution in [3.63, 3.8) is 0 Å². The number of rotatable bonds is 6. The summed E-state index contributed by atoms with van der Waals surface area (Å²) in [5.41, 5.74) is 4.05. The van der Waals surface area contributed by atoms with Crippen molar-refractivity contribution in [3.05, 3.63) is 57.6 Å².